The molecule has 1 aromatic carbocycles. The molecule has 108 valence electrons. The molecule has 0 aliphatic rings. The second kappa shape index (κ2) is 5.00. The minimum atomic E-state index is 0.547. The van der Waals surface area contributed by atoms with Gasteiger partial charge >= 0.3 is 0 Å². The smallest absolute Gasteiger partial charge is 0.163 e. The number of ether oxygens (including phenoxy) is 1. The second-order valence-corrected chi connectivity index (χ2v) is 6.28. The van der Waals surface area contributed by atoms with Gasteiger partial charge in [-0.25, -0.2) is 9.97 Å². The van der Waals surface area contributed by atoms with Gasteiger partial charge in [0.2, 0.25) is 0 Å². The number of benzene rings is 1. The van der Waals surface area contributed by atoms with Crippen molar-refractivity contribution in [2.24, 2.45) is 0 Å². The van der Waals surface area contributed by atoms with Gasteiger partial charge in [-0.2, -0.15) is 0 Å². The van der Waals surface area contributed by atoms with Crippen LogP contribution in [0, 0.1) is 20.8 Å². The zero-order chi connectivity index (χ0) is 15.1. The standard InChI is InChI=1S/C16H17N3OS/c1-8-7-11(5-6-12(8)20-4)15-18-14(17)13-9(2)10(3)21-16(13)19-15/h5-7H,1-4H3,(H2,17,18,19). The van der Waals surface area contributed by atoms with Gasteiger partial charge in [-0.05, 0) is 50.1 Å². The molecule has 5 heteroatoms. The minimum absolute atomic E-state index is 0.547. The molecule has 21 heavy (non-hydrogen) atoms. The number of rotatable bonds is 2. The molecule has 0 radical (unpaired) electrons. The van der Waals surface area contributed by atoms with Crippen LogP contribution in [0.3, 0.4) is 0 Å². The summed E-state index contributed by atoms with van der Waals surface area (Å²) in [6.45, 7) is 6.15. The first-order valence-corrected chi connectivity index (χ1v) is 7.51. The Hall–Kier alpha value is -2.14. The number of hydrogen-bond donors (Lipinski definition) is 1. The van der Waals surface area contributed by atoms with Crippen molar-refractivity contribution in [1.82, 2.24) is 9.97 Å². The number of nitrogen functional groups attached to an aromatic ring is 1. The van der Waals surface area contributed by atoms with E-state index in [1.54, 1.807) is 18.4 Å². The van der Waals surface area contributed by atoms with E-state index in [0.29, 0.717) is 11.6 Å². The monoisotopic (exact) mass is 299 g/mol. The van der Waals surface area contributed by atoms with Crippen LogP contribution in [0.4, 0.5) is 5.82 Å². The fourth-order valence-electron chi connectivity index (χ4n) is 2.43. The van der Waals surface area contributed by atoms with E-state index < -0.39 is 0 Å². The molecule has 0 bridgehead atoms. The number of methoxy groups -OCH3 is 1. The topological polar surface area (TPSA) is 61.0 Å². The van der Waals surface area contributed by atoms with Crippen LogP contribution in [0.15, 0.2) is 18.2 Å². The van der Waals surface area contributed by atoms with Crippen molar-refractivity contribution in [3.05, 3.63) is 34.2 Å². The Bertz CT molecular complexity index is 839. The molecule has 0 spiro atoms. The van der Waals surface area contributed by atoms with Crippen LogP contribution in [-0.4, -0.2) is 17.1 Å². The van der Waals surface area contributed by atoms with Crippen LogP contribution in [-0.2, 0) is 0 Å². The molecule has 2 N–H and O–H groups in total. The summed E-state index contributed by atoms with van der Waals surface area (Å²) < 4.78 is 5.29. The highest BCUT2D eigenvalue weighted by Gasteiger charge is 2.14. The fraction of sp³-hybridized carbons (Fsp3) is 0.250. The lowest BCUT2D eigenvalue weighted by Gasteiger charge is -2.07. The average Bonchev–Trinajstić information content (AvgIpc) is 2.74. The Labute approximate surface area is 127 Å². The Kier molecular flexibility index (Phi) is 3.29. The van der Waals surface area contributed by atoms with Gasteiger partial charge in [0.1, 0.15) is 16.4 Å². The third-order valence-electron chi connectivity index (χ3n) is 3.71. The zero-order valence-electron chi connectivity index (χ0n) is 12.5. The van der Waals surface area contributed by atoms with Gasteiger partial charge in [-0.1, -0.05) is 0 Å². The molecule has 0 saturated carbocycles. The van der Waals surface area contributed by atoms with Crippen molar-refractivity contribution in [2.75, 3.05) is 12.8 Å². The molecule has 3 rings (SSSR count). The Balaban J connectivity index is 2.19. The Morgan fingerprint density at radius 3 is 2.57 bits per heavy atom. The number of aryl methyl sites for hydroxylation is 3. The van der Waals surface area contributed by atoms with E-state index in [2.05, 4.69) is 23.8 Å². The molecule has 2 heterocycles. The van der Waals surface area contributed by atoms with Crippen molar-refractivity contribution in [2.45, 2.75) is 20.8 Å². The van der Waals surface area contributed by atoms with Gasteiger partial charge in [0, 0.05) is 10.4 Å². The van der Waals surface area contributed by atoms with E-state index in [0.717, 1.165) is 27.1 Å². The van der Waals surface area contributed by atoms with Crippen molar-refractivity contribution in [3.8, 4) is 17.1 Å². The van der Waals surface area contributed by atoms with E-state index >= 15 is 0 Å². The maximum Gasteiger partial charge on any atom is 0.163 e. The first kappa shape index (κ1) is 13.8. The van der Waals surface area contributed by atoms with Crippen molar-refractivity contribution in [1.29, 1.82) is 0 Å². The summed E-state index contributed by atoms with van der Waals surface area (Å²) >= 11 is 1.66. The first-order chi connectivity index (χ1) is 10.0. The summed E-state index contributed by atoms with van der Waals surface area (Å²) in [6.07, 6.45) is 0. The number of aromatic nitrogens is 2. The number of anilines is 1. The average molecular weight is 299 g/mol. The third kappa shape index (κ3) is 2.23. The van der Waals surface area contributed by atoms with E-state index in [4.69, 9.17) is 10.5 Å². The Morgan fingerprint density at radius 2 is 1.90 bits per heavy atom. The quantitative estimate of drug-likeness (QED) is 0.780. The highest BCUT2D eigenvalue weighted by molar-refractivity contribution is 7.18. The maximum absolute atomic E-state index is 6.13. The lowest BCUT2D eigenvalue weighted by Crippen LogP contribution is -1.97. The first-order valence-electron chi connectivity index (χ1n) is 6.69. The SMILES string of the molecule is COc1ccc(-c2nc(N)c3c(C)c(C)sc3n2)cc1C. The predicted molar refractivity (Wildman–Crippen MR) is 88.0 cm³/mol. The van der Waals surface area contributed by atoms with Gasteiger partial charge in [0.05, 0.1) is 12.5 Å². The number of fused-ring (bicyclic) bond motifs is 1. The summed E-state index contributed by atoms with van der Waals surface area (Å²) in [4.78, 5) is 11.3. The second-order valence-electron chi connectivity index (χ2n) is 5.08. The molecule has 2 aromatic heterocycles. The van der Waals surface area contributed by atoms with Crippen LogP contribution in [0.5, 0.6) is 5.75 Å². The molecule has 0 atom stereocenters. The van der Waals surface area contributed by atoms with Crippen LogP contribution in [0.2, 0.25) is 0 Å². The fourth-order valence-corrected chi connectivity index (χ4v) is 3.46. The molecule has 0 unspecified atom stereocenters. The molecular weight excluding hydrogens is 282 g/mol. The largest absolute Gasteiger partial charge is 0.496 e. The lowest BCUT2D eigenvalue weighted by atomic mass is 10.1. The van der Waals surface area contributed by atoms with Crippen LogP contribution in [0.25, 0.3) is 21.6 Å². The van der Waals surface area contributed by atoms with Crippen molar-refractivity contribution in [3.63, 3.8) is 0 Å². The molecule has 0 amide bonds. The van der Waals surface area contributed by atoms with Crippen LogP contribution >= 0.6 is 11.3 Å². The van der Waals surface area contributed by atoms with E-state index in [9.17, 15) is 0 Å². The molecule has 3 aromatic rings. The molecule has 4 nitrogen and oxygen atoms in total. The van der Waals surface area contributed by atoms with Crippen molar-refractivity contribution >= 4 is 27.4 Å². The van der Waals surface area contributed by atoms with Gasteiger partial charge < -0.3 is 10.5 Å². The highest BCUT2D eigenvalue weighted by atomic mass is 32.1. The zero-order valence-corrected chi connectivity index (χ0v) is 13.3. The van der Waals surface area contributed by atoms with Crippen molar-refractivity contribution < 1.29 is 4.74 Å². The summed E-state index contributed by atoms with van der Waals surface area (Å²) in [7, 11) is 1.67. The van der Waals surface area contributed by atoms with Gasteiger partial charge in [0.25, 0.3) is 0 Å². The van der Waals surface area contributed by atoms with Crippen LogP contribution in [0.1, 0.15) is 16.0 Å². The predicted octanol–water partition coefficient (Wildman–Crippen LogP) is 3.87. The summed E-state index contributed by atoms with van der Waals surface area (Å²) in [5, 5.41) is 0.978. The molecule has 0 saturated heterocycles. The maximum atomic E-state index is 6.13. The van der Waals surface area contributed by atoms with E-state index in [-0.39, 0.29) is 0 Å². The normalized spacial score (nSPS) is 11.0. The summed E-state index contributed by atoms with van der Waals surface area (Å²) in [5.74, 6) is 2.06. The number of thiophene rings is 1. The van der Waals surface area contributed by atoms with Gasteiger partial charge in [-0.3, -0.25) is 0 Å². The number of nitrogens with zero attached hydrogens (tertiary/aromatic N) is 2. The highest BCUT2D eigenvalue weighted by Crippen LogP contribution is 2.34. The molecular formula is C16H17N3OS. The van der Waals surface area contributed by atoms with E-state index in [1.165, 1.54) is 10.4 Å². The van der Waals surface area contributed by atoms with Gasteiger partial charge in [-0.15, -0.1) is 11.3 Å². The van der Waals surface area contributed by atoms with E-state index in [1.807, 2.05) is 25.1 Å². The summed E-state index contributed by atoms with van der Waals surface area (Å²) in [5.41, 5.74) is 9.31. The number of hydrogen-bond acceptors (Lipinski definition) is 5. The molecule has 0 aliphatic heterocycles. The van der Waals surface area contributed by atoms with Gasteiger partial charge in [0.15, 0.2) is 5.82 Å². The summed E-state index contributed by atoms with van der Waals surface area (Å²) in [6, 6.07) is 5.91. The third-order valence-corrected chi connectivity index (χ3v) is 4.81. The Morgan fingerprint density at radius 1 is 1.14 bits per heavy atom. The molecule has 0 aliphatic carbocycles. The lowest BCUT2D eigenvalue weighted by molar-refractivity contribution is 0.412. The number of nitrogens with two attached hydrogens (primary N) is 1. The van der Waals surface area contributed by atoms with Crippen LogP contribution < -0.4 is 10.5 Å². The minimum Gasteiger partial charge on any atom is -0.496 e. The molecule has 0 fully saturated rings.